The number of hydrogen-bond acceptors (Lipinski definition) is 5. The van der Waals surface area contributed by atoms with E-state index in [1.165, 1.54) is 0 Å². The van der Waals surface area contributed by atoms with E-state index in [-0.39, 0.29) is 0 Å². The zero-order valence-electron chi connectivity index (χ0n) is 7.86. The highest BCUT2D eigenvalue weighted by molar-refractivity contribution is 4.90. The molecule has 0 bridgehead atoms. The number of nitrogens with zero attached hydrogens (tertiary/aromatic N) is 2. The van der Waals surface area contributed by atoms with Crippen LogP contribution in [0.4, 0.5) is 0 Å². The molecule has 0 amide bonds. The van der Waals surface area contributed by atoms with Crippen LogP contribution in [-0.2, 0) is 11.2 Å². The van der Waals surface area contributed by atoms with Crippen LogP contribution < -0.4 is 0 Å². The van der Waals surface area contributed by atoms with Gasteiger partial charge in [0.2, 0.25) is 5.89 Å². The fraction of sp³-hybridized carbons (Fsp3) is 0.750. The zero-order valence-corrected chi connectivity index (χ0v) is 7.86. The van der Waals surface area contributed by atoms with Gasteiger partial charge in [0, 0.05) is 7.11 Å². The number of rotatable bonds is 5. The van der Waals surface area contributed by atoms with Crippen LogP contribution >= 0.6 is 0 Å². The summed E-state index contributed by atoms with van der Waals surface area (Å²) in [5, 5.41) is 13.0. The van der Waals surface area contributed by atoms with Gasteiger partial charge in [-0.25, -0.2) is 0 Å². The molecular weight excluding hydrogens is 172 g/mol. The topological polar surface area (TPSA) is 68.4 Å². The number of ether oxygens (including phenoxy) is 1. The van der Waals surface area contributed by atoms with Gasteiger partial charge in [0.15, 0.2) is 5.82 Å². The number of methoxy groups -OCH3 is 1. The van der Waals surface area contributed by atoms with E-state index >= 15 is 0 Å². The first kappa shape index (κ1) is 10.1. The van der Waals surface area contributed by atoms with E-state index in [1.54, 1.807) is 7.11 Å². The fourth-order valence-corrected chi connectivity index (χ4v) is 0.877. The van der Waals surface area contributed by atoms with Crippen molar-refractivity contribution < 1.29 is 14.4 Å². The van der Waals surface area contributed by atoms with Gasteiger partial charge in [-0.05, 0) is 6.42 Å². The molecule has 13 heavy (non-hydrogen) atoms. The molecule has 74 valence electrons. The van der Waals surface area contributed by atoms with Crippen molar-refractivity contribution in [1.82, 2.24) is 10.1 Å². The van der Waals surface area contributed by atoms with Crippen LogP contribution in [0.3, 0.4) is 0 Å². The third-order valence-electron chi connectivity index (χ3n) is 1.69. The van der Waals surface area contributed by atoms with E-state index in [0.29, 0.717) is 31.2 Å². The molecule has 0 saturated heterocycles. The molecule has 0 aliphatic rings. The highest BCUT2D eigenvalue weighted by atomic mass is 16.5. The Labute approximate surface area is 76.7 Å². The standard InChI is InChI=1S/C8H14N2O3/c1-3-6(11)8-9-7(13-10-8)4-5-12-2/h6,11H,3-5H2,1-2H3. The zero-order chi connectivity index (χ0) is 9.68. The molecule has 5 heteroatoms. The minimum atomic E-state index is -0.625. The number of aliphatic hydroxyl groups is 1. The number of aromatic nitrogens is 2. The van der Waals surface area contributed by atoms with Crippen molar-refractivity contribution in [2.75, 3.05) is 13.7 Å². The Kier molecular flexibility index (Phi) is 3.85. The summed E-state index contributed by atoms with van der Waals surface area (Å²) in [6.45, 7) is 2.40. The molecule has 0 aromatic carbocycles. The predicted octanol–water partition coefficient (Wildman–Crippen LogP) is 0.702. The third-order valence-corrected chi connectivity index (χ3v) is 1.69. The Bertz CT molecular complexity index is 249. The molecule has 1 N–H and O–H groups in total. The summed E-state index contributed by atoms with van der Waals surface area (Å²) in [7, 11) is 1.61. The van der Waals surface area contributed by atoms with Crippen molar-refractivity contribution in [3.8, 4) is 0 Å². The largest absolute Gasteiger partial charge is 0.385 e. The van der Waals surface area contributed by atoms with E-state index in [9.17, 15) is 5.11 Å². The van der Waals surface area contributed by atoms with Crippen molar-refractivity contribution in [2.45, 2.75) is 25.9 Å². The molecule has 0 aliphatic heterocycles. The Hall–Kier alpha value is -0.940. The van der Waals surface area contributed by atoms with Gasteiger partial charge in [0.05, 0.1) is 13.0 Å². The molecule has 1 atom stereocenters. The van der Waals surface area contributed by atoms with E-state index in [1.807, 2.05) is 6.92 Å². The van der Waals surface area contributed by atoms with Crippen LogP contribution in [0.25, 0.3) is 0 Å². The van der Waals surface area contributed by atoms with Crippen LogP contribution in [0.1, 0.15) is 31.2 Å². The smallest absolute Gasteiger partial charge is 0.229 e. The van der Waals surface area contributed by atoms with Gasteiger partial charge in [-0.1, -0.05) is 12.1 Å². The summed E-state index contributed by atoms with van der Waals surface area (Å²) in [6, 6.07) is 0. The monoisotopic (exact) mass is 186 g/mol. The second-order valence-corrected chi connectivity index (χ2v) is 2.71. The molecule has 1 heterocycles. The van der Waals surface area contributed by atoms with E-state index in [2.05, 4.69) is 10.1 Å². The lowest BCUT2D eigenvalue weighted by molar-refractivity contribution is 0.159. The quantitative estimate of drug-likeness (QED) is 0.733. The minimum Gasteiger partial charge on any atom is -0.385 e. The van der Waals surface area contributed by atoms with Crippen LogP contribution in [0.5, 0.6) is 0 Å². The Morgan fingerprint density at radius 3 is 3.00 bits per heavy atom. The highest BCUT2D eigenvalue weighted by Gasteiger charge is 2.12. The summed E-state index contributed by atoms with van der Waals surface area (Å²) in [6.07, 6.45) is 0.545. The molecule has 1 aromatic heterocycles. The normalized spacial score (nSPS) is 13.2. The summed E-state index contributed by atoms with van der Waals surface area (Å²) in [5.74, 6) is 0.859. The molecule has 1 rings (SSSR count). The summed E-state index contributed by atoms with van der Waals surface area (Å²) < 4.78 is 9.74. The van der Waals surface area contributed by atoms with E-state index in [4.69, 9.17) is 9.26 Å². The number of aliphatic hydroxyl groups excluding tert-OH is 1. The van der Waals surface area contributed by atoms with Crippen LogP contribution in [0.2, 0.25) is 0 Å². The molecule has 0 saturated carbocycles. The third kappa shape index (κ3) is 2.78. The second-order valence-electron chi connectivity index (χ2n) is 2.71. The minimum absolute atomic E-state index is 0.355. The van der Waals surface area contributed by atoms with Gasteiger partial charge in [-0.15, -0.1) is 0 Å². The lowest BCUT2D eigenvalue weighted by atomic mass is 10.3. The first-order chi connectivity index (χ1) is 6.27. The van der Waals surface area contributed by atoms with Crippen molar-refractivity contribution >= 4 is 0 Å². The molecule has 0 fully saturated rings. The maximum absolute atomic E-state index is 9.35. The van der Waals surface area contributed by atoms with Crippen LogP contribution in [-0.4, -0.2) is 29.0 Å². The maximum Gasteiger partial charge on any atom is 0.229 e. The van der Waals surface area contributed by atoms with Gasteiger partial charge >= 0.3 is 0 Å². The van der Waals surface area contributed by atoms with Gasteiger partial charge < -0.3 is 14.4 Å². The highest BCUT2D eigenvalue weighted by Crippen LogP contribution is 2.11. The van der Waals surface area contributed by atoms with Crippen molar-refractivity contribution in [3.63, 3.8) is 0 Å². The molecule has 1 aromatic rings. The first-order valence-corrected chi connectivity index (χ1v) is 4.27. The molecule has 0 radical (unpaired) electrons. The number of hydrogen-bond donors (Lipinski definition) is 1. The Morgan fingerprint density at radius 2 is 2.38 bits per heavy atom. The molecule has 0 aliphatic carbocycles. The predicted molar refractivity (Wildman–Crippen MR) is 45.1 cm³/mol. The summed E-state index contributed by atoms with van der Waals surface area (Å²) in [4.78, 5) is 4.01. The molecule has 5 nitrogen and oxygen atoms in total. The summed E-state index contributed by atoms with van der Waals surface area (Å²) >= 11 is 0. The molecule has 1 unspecified atom stereocenters. The van der Waals surface area contributed by atoms with E-state index in [0.717, 1.165) is 0 Å². The van der Waals surface area contributed by atoms with Crippen LogP contribution in [0, 0.1) is 0 Å². The lowest BCUT2D eigenvalue weighted by Crippen LogP contribution is -1.99. The lowest BCUT2D eigenvalue weighted by Gasteiger charge is -1.98. The first-order valence-electron chi connectivity index (χ1n) is 4.27. The average molecular weight is 186 g/mol. The van der Waals surface area contributed by atoms with Crippen molar-refractivity contribution in [3.05, 3.63) is 11.7 Å². The van der Waals surface area contributed by atoms with Crippen molar-refractivity contribution in [2.24, 2.45) is 0 Å². The van der Waals surface area contributed by atoms with Crippen LogP contribution in [0.15, 0.2) is 4.52 Å². The molecule has 0 spiro atoms. The Morgan fingerprint density at radius 1 is 1.62 bits per heavy atom. The second kappa shape index (κ2) is 4.94. The average Bonchev–Trinajstić information content (AvgIpc) is 2.62. The van der Waals surface area contributed by atoms with Gasteiger partial charge in [-0.2, -0.15) is 4.98 Å². The molecular formula is C8H14N2O3. The van der Waals surface area contributed by atoms with Gasteiger partial charge in [-0.3, -0.25) is 0 Å². The fourth-order valence-electron chi connectivity index (χ4n) is 0.877. The Balaban J connectivity index is 2.53. The maximum atomic E-state index is 9.35. The van der Waals surface area contributed by atoms with E-state index < -0.39 is 6.10 Å². The SMILES string of the molecule is CCC(O)c1noc(CCOC)n1. The van der Waals surface area contributed by atoms with Gasteiger partial charge in [0.1, 0.15) is 6.10 Å². The summed E-state index contributed by atoms with van der Waals surface area (Å²) in [5.41, 5.74) is 0. The van der Waals surface area contributed by atoms with Gasteiger partial charge in [0.25, 0.3) is 0 Å². The van der Waals surface area contributed by atoms with Crippen molar-refractivity contribution in [1.29, 1.82) is 0 Å².